The summed E-state index contributed by atoms with van der Waals surface area (Å²) in [6.07, 6.45) is 4.25. The predicted octanol–water partition coefficient (Wildman–Crippen LogP) is 2.52. The number of para-hydroxylation sites is 2. The molecule has 118 valence electrons. The van der Waals surface area contributed by atoms with Gasteiger partial charge in [0.1, 0.15) is 6.54 Å². The van der Waals surface area contributed by atoms with Crippen molar-refractivity contribution < 1.29 is 4.79 Å². The fourth-order valence-corrected chi connectivity index (χ4v) is 2.60. The van der Waals surface area contributed by atoms with Crippen molar-refractivity contribution in [3.8, 4) is 0 Å². The van der Waals surface area contributed by atoms with Crippen LogP contribution in [0.3, 0.4) is 0 Å². The molecule has 0 spiro atoms. The molecule has 0 unspecified atom stereocenters. The van der Waals surface area contributed by atoms with Crippen LogP contribution in [0.15, 0.2) is 55.0 Å². The number of rotatable bonds is 5. The van der Waals surface area contributed by atoms with E-state index < -0.39 is 0 Å². The van der Waals surface area contributed by atoms with E-state index in [-0.39, 0.29) is 11.9 Å². The Bertz CT molecular complexity index is 797. The number of nitrogens with zero attached hydrogens (tertiary/aromatic N) is 4. The van der Waals surface area contributed by atoms with Crippen LogP contribution in [0.4, 0.5) is 0 Å². The van der Waals surface area contributed by atoms with Gasteiger partial charge in [-0.3, -0.25) is 9.78 Å². The zero-order valence-corrected chi connectivity index (χ0v) is 13.4. The standard InChI is InChI=1S/C18H20N4O/c1-14(11-15-7-5-6-10-19-15)21(2)18(23)12-22-13-20-16-8-3-4-9-17(16)22/h3-10,13-14H,11-12H2,1-2H3/t14-/m0/s1. The van der Waals surface area contributed by atoms with Crippen molar-refractivity contribution in [2.75, 3.05) is 7.05 Å². The van der Waals surface area contributed by atoms with Crippen LogP contribution in [-0.4, -0.2) is 38.4 Å². The third kappa shape index (κ3) is 3.39. The molecular formula is C18H20N4O. The summed E-state index contributed by atoms with van der Waals surface area (Å²) in [5, 5.41) is 0. The molecule has 0 fully saturated rings. The lowest BCUT2D eigenvalue weighted by Crippen LogP contribution is -2.38. The van der Waals surface area contributed by atoms with Crippen molar-refractivity contribution in [1.82, 2.24) is 19.4 Å². The summed E-state index contributed by atoms with van der Waals surface area (Å²) in [6, 6.07) is 13.8. The van der Waals surface area contributed by atoms with E-state index in [2.05, 4.69) is 9.97 Å². The van der Waals surface area contributed by atoms with Gasteiger partial charge in [-0.1, -0.05) is 18.2 Å². The van der Waals surface area contributed by atoms with Gasteiger partial charge >= 0.3 is 0 Å². The van der Waals surface area contributed by atoms with Crippen LogP contribution in [0, 0.1) is 0 Å². The molecule has 1 aromatic carbocycles. The first-order valence-electron chi connectivity index (χ1n) is 7.70. The predicted molar refractivity (Wildman–Crippen MR) is 89.9 cm³/mol. The Kier molecular flexibility index (Phi) is 4.37. The van der Waals surface area contributed by atoms with Crippen LogP contribution >= 0.6 is 0 Å². The van der Waals surface area contributed by atoms with Gasteiger partial charge in [-0.25, -0.2) is 4.98 Å². The number of likely N-dealkylation sites (N-methyl/N-ethyl adjacent to an activating group) is 1. The third-order valence-corrected chi connectivity index (χ3v) is 4.12. The van der Waals surface area contributed by atoms with E-state index >= 15 is 0 Å². The minimum Gasteiger partial charge on any atom is -0.341 e. The Morgan fingerprint density at radius 1 is 1.17 bits per heavy atom. The molecule has 0 radical (unpaired) electrons. The highest BCUT2D eigenvalue weighted by molar-refractivity contribution is 5.80. The summed E-state index contributed by atoms with van der Waals surface area (Å²) in [4.78, 5) is 23.0. The Balaban J connectivity index is 1.67. The van der Waals surface area contributed by atoms with E-state index in [1.165, 1.54) is 0 Å². The average molecular weight is 308 g/mol. The van der Waals surface area contributed by atoms with Gasteiger partial charge in [-0.05, 0) is 31.2 Å². The van der Waals surface area contributed by atoms with Crippen molar-refractivity contribution in [1.29, 1.82) is 0 Å². The molecule has 0 aliphatic carbocycles. The lowest BCUT2D eigenvalue weighted by Gasteiger charge is -2.25. The van der Waals surface area contributed by atoms with Crippen molar-refractivity contribution in [3.63, 3.8) is 0 Å². The first-order chi connectivity index (χ1) is 11.1. The number of carbonyl (C=O) groups is 1. The van der Waals surface area contributed by atoms with Gasteiger partial charge in [-0.15, -0.1) is 0 Å². The fraction of sp³-hybridized carbons (Fsp3) is 0.278. The molecule has 5 nitrogen and oxygen atoms in total. The zero-order chi connectivity index (χ0) is 16.2. The maximum absolute atomic E-state index is 12.5. The van der Waals surface area contributed by atoms with Crippen molar-refractivity contribution in [2.24, 2.45) is 0 Å². The Hall–Kier alpha value is -2.69. The van der Waals surface area contributed by atoms with E-state index in [1.54, 1.807) is 17.4 Å². The minimum absolute atomic E-state index is 0.0663. The molecule has 3 rings (SSSR count). The van der Waals surface area contributed by atoms with Crippen LogP contribution in [0.1, 0.15) is 12.6 Å². The zero-order valence-electron chi connectivity index (χ0n) is 13.4. The number of benzene rings is 1. The SMILES string of the molecule is C[C@@H](Cc1ccccn1)N(C)C(=O)Cn1cnc2ccccc21. The highest BCUT2D eigenvalue weighted by atomic mass is 16.2. The van der Waals surface area contributed by atoms with E-state index in [4.69, 9.17) is 0 Å². The number of pyridine rings is 1. The van der Waals surface area contributed by atoms with Gasteiger partial charge in [-0.2, -0.15) is 0 Å². The van der Waals surface area contributed by atoms with Gasteiger partial charge in [0.25, 0.3) is 0 Å². The highest BCUT2D eigenvalue weighted by Crippen LogP contribution is 2.13. The molecule has 0 N–H and O–H groups in total. The minimum atomic E-state index is 0.0663. The largest absolute Gasteiger partial charge is 0.341 e. The molecule has 2 heterocycles. The second-order valence-electron chi connectivity index (χ2n) is 5.74. The van der Waals surface area contributed by atoms with Crippen LogP contribution in [0.25, 0.3) is 11.0 Å². The molecule has 0 saturated heterocycles. The molecule has 3 aromatic rings. The summed E-state index contributed by atoms with van der Waals surface area (Å²) in [6.45, 7) is 2.34. The molecule has 23 heavy (non-hydrogen) atoms. The fourth-order valence-electron chi connectivity index (χ4n) is 2.60. The summed E-state index contributed by atoms with van der Waals surface area (Å²) in [5.41, 5.74) is 2.88. The summed E-state index contributed by atoms with van der Waals surface area (Å²) in [7, 11) is 1.84. The molecule has 1 atom stereocenters. The number of hydrogen-bond donors (Lipinski definition) is 0. The first kappa shape index (κ1) is 15.2. The summed E-state index contributed by atoms with van der Waals surface area (Å²) < 4.78 is 1.89. The van der Waals surface area contributed by atoms with E-state index in [0.717, 1.165) is 23.1 Å². The van der Waals surface area contributed by atoms with Crippen LogP contribution in [0.5, 0.6) is 0 Å². The van der Waals surface area contributed by atoms with Crippen LogP contribution in [-0.2, 0) is 17.8 Å². The maximum Gasteiger partial charge on any atom is 0.242 e. The normalized spacial score (nSPS) is 12.3. The molecule has 0 aliphatic heterocycles. The molecule has 0 bridgehead atoms. The van der Waals surface area contributed by atoms with Crippen molar-refractivity contribution in [2.45, 2.75) is 25.9 Å². The lowest BCUT2D eigenvalue weighted by atomic mass is 10.1. The Morgan fingerprint density at radius 2 is 1.96 bits per heavy atom. The average Bonchev–Trinajstić information content (AvgIpc) is 2.98. The number of carbonyl (C=O) groups excluding carboxylic acids is 1. The van der Waals surface area contributed by atoms with Crippen molar-refractivity contribution >= 4 is 16.9 Å². The molecular weight excluding hydrogens is 288 g/mol. The van der Waals surface area contributed by atoms with Gasteiger partial charge in [0.05, 0.1) is 17.4 Å². The molecule has 1 amide bonds. The monoisotopic (exact) mass is 308 g/mol. The molecule has 0 aliphatic rings. The third-order valence-electron chi connectivity index (χ3n) is 4.12. The number of amides is 1. The smallest absolute Gasteiger partial charge is 0.242 e. The van der Waals surface area contributed by atoms with Gasteiger partial charge in [0.2, 0.25) is 5.91 Å². The van der Waals surface area contributed by atoms with Gasteiger partial charge in [0, 0.05) is 31.4 Å². The number of aromatic nitrogens is 3. The Labute approximate surface area is 135 Å². The lowest BCUT2D eigenvalue weighted by molar-refractivity contribution is -0.132. The number of hydrogen-bond acceptors (Lipinski definition) is 3. The Morgan fingerprint density at radius 3 is 2.74 bits per heavy atom. The molecule has 0 saturated carbocycles. The summed E-state index contributed by atoms with van der Waals surface area (Å²) in [5.74, 6) is 0.0663. The van der Waals surface area contributed by atoms with Crippen LogP contribution in [0.2, 0.25) is 0 Å². The molecule has 5 heteroatoms. The van der Waals surface area contributed by atoms with Crippen molar-refractivity contribution in [3.05, 3.63) is 60.7 Å². The second-order valence-corrected chi connectivity index (χ2v) is 5.74. The highest BCUT2D eigenvalue weighted by Gasteiger charge is 2.17. The van der Waals surface area contributed by atoms with Gasteiger partial charge in [0.15, 0.2) is 0 Å². The molecule has 2 aromatic heterocycles. The van der Waals surface area contributed by atoms with Crippen LogP contribution < -0.4 is 0 Å². The van der Waals surface area contributed by atoms with E-state index in [9.17, 15) is 4.79 Å². The quantitative estimate of drug-likeness (QED) is 0.728. The first-order valence-corrected chi connectivity index (χ1v) is 7.70. The summed E-state index contributed by atoms with van der Waals surface area (Å²) >= 11 is 0. The van der Waals surface area contributed by atoms with Gasteiger partial charge < -0.3 is 9.47 Å². The number of imidazole rings is 1. The number of fused-ring (bicyclic) bond motifs is 1. The maximum atomic E-state index is 12.5. The second kappa shape index (κ2) is 6.60. The van der Waals surface area contributed by atoms with E-state index in [1.807, 2.05) is 61.0 Å². The van der Waals surface area contributed by atoms with E-state index in [0.29, 0.717) is 6.54 Å². The topological polar surface area (TPSA) is 51.0 Å².